The molecule has 8 nitrogen and oxygen atoms in total. The lowest BCUT2D eigenvalue weighted by atomic mass is 10.2. The number of hydrogen-bond acceptors (Lipinski definition) is 7. The Morgan fingerprint density at radius 1 is 1.03 bits per heavy atom. The maximum Gasteiger partial charge on any atom is 0.231 e. The molecule has 3 heterocycles. The van der Waals surface area contributed by atoms with Gasteiger partial charge in [0.25, 0.3) is 0 Å². The van der Waals surface area contributed by atoms with Crippen LogP contribution in [0.4, 0.5) is 17.5 Å². The van der Waals surface area contributed by atoms with Gasteiger partial charge >= 0.3 is 0 Å². The lowest BCUT2D eigenvalue weighted by molar-refractivity contribution is 0.182. The summed E-state index contributed by atoms with van der Waals surface area (Å²) < 4.78 is 0. The van der Waals surface area contributed by atoms with Gasteiger partial charge in [-0.15, -0.1) is 0 Å². The third-order valence-electron chi connectivity index (χ3n) is 5.13. The molecule has 0 amide bonds. The molecule has 0 fully saturated rings. The van der Waals surface area contributed by atoms with E-state index in [1.807, 2.05) is 30.3 Å². The fourth-order valence-corrected chi connectivity index (χ4v) is 3.72. The molecule has 0 bridgehead atoms. The van der Waals surface area contributed by atoms with Gasteiger partial charge in [0.15, 0.2) is 11.5 Å². The van der Waals surface area contributed by atoms with Crippen molar-refractivity contribution in [3.8, 4) is 0 Å². The average Bonchev–Trinajstić information content (AvgIpc) is 3.19. The lowest BCUT2D eigenvalue weighted by Crippen LogP contribution is -2.40. The van der Waals surface area contributed by atoms with Crippen molar-refractivity contribution >= 4 is 39.5 Å². The first-order valence-corrected chi connectivity index (χ1v) is 10.3. The highest BCUT2D eigenvalue weighted by molar-refractivity contribution is 5.85. The first-order chi connectivity index (χ1) is 14.5. The van der Waals surface area contributed by atoms with Crippen LogP contribution in [0.1, 0.15) is 27.7 Å². The molecule has 30 heavy (non-hydrogen) atoms. The third kappa shape index (κ3) is 4.33. The largest absolute Gasteiger partial charge is 0.367 e. The highest BCUT2D eigenvalue weighted by Gasteiger charge is 2.14. The molecule has 0 spiro atoms. The second kappa shape index (κ2) is 8.62. The fourth-order valence-electron chi connectivity index (χ4n) is 3.72. The van der Waals surface area contributed by atoms with E-state index >= 15 is 0 Å². The predicted octanol–water partition coefficient (Wildman–Crippen LogP) is 4.18. The van der Waals surface area contributed by atoms with Crippen molar-refractivity contribution in [2.45, 2.75) is 39.8 Å². The zero-order valence-electron chi connectivity index (χ0n) is 17.8. The van der Waals surface area contributed by atoms with Gasteiger partial charge in [-0.2, -0.15) is 9.97 Å². The van der Waals surface area contributed by atoms with Crippen molar-refractivity contribution in [1.82, 2.24) is 29.8 Å². The fraction of sp³-hybridized carbons (Fsp3) is 0.364. The second-order valence-corrected chi connectivity index (χ2v) is 7.88. The zero-order chi connectivity index (χ0) is 21.1. The van der Waals surface area contributed by atoms with E-state index in [0.717, 1.165) is 41.0 Å². The number of fused-ring (bicyclic) bond motifs is 2. The molecule has 8 heteroatoms. The van der Waals surface area contributed by atoms with Crippen molar-refractivity contribution in [3.63, 3.8) is 0 Å². The van der Waals surface area contributed by atoms with Gasteiger partial charge in [-0.1, -0.05) is 6.07 Å². The summed E-state index contributed by atoms with van der Waals surface area (Å²) in [5.41, 5.74) is 3.29. The minimum absolute atomic E-state index is 0.490. The van der Waals surface area contributed by atoms with E-state index in [-0.39, 0.29) is 0 Å². The van der Waals surface area contributed by atoms with E-state index in [1.54, 1.807) is 12.5 Å². The standard InChI is InChI=1S/C22H28N8/c1-14(2)30(15(3)4)11-10-24-20-19-21(26-13-25-19)29-22(28-20)27-17-7-8-18-16(12-17)6-5-9-23-18/h5-9,12-15H,10-11H2,1-4H3,(H3,24,25,26,27,28,29). The third-order valence-corrected chi connectivity index (χ3v) is 5.13. The van der Waals surface area contributed by atoms with Crippen molar-refractivity contribution in [2.24, 2.45) is 0 Å². The Balaban J connectivity index is 1.54. The lowest BCUT2D eigenvalue weighted by Gasteiger charge is -2.30. The summed E-state index contributed by atoms with van der Waals surface area (Å²) in [5, 5.41) is 7.81. The Bertz CT molecular complexity index is 1130. The van der Waals surface area contributed by atoms with E-state index in [2.05, 4.69) is 63.2 Å². The van der Waals surface area contributed by atoms with Crippen LogP contribution in [0.15, 0.2) is 42.9 Å². The SMILES string of the molecule is CC(C)N(CCNc1nc(Nc2ccc3ncccc3c2)nc2nc[nH]c12)C(C)C. The quantitative estimate of drug-likeness (QED) is 0.406. The summed E-state index contributed by atoms with van der Waals surface area (Å²) in [6.45, 7) is 10.6. The van der Waals surface area contributed by atoms with Gasteiger partial charge in [0.2, 0.25) is 5.95 Å². The first-order valence-electron chi connectivity index (χ1n) is 10.3. The smallest absolute Gasteiger partial charge is 0.231 e. The molecule has 0 saturated heterocycles. The van der Waals surface area contributed by atoms with E-state index in [4.69, 9.17) is 4.98 Å². The Kier molecular flexibility index (Phi) is 5.76. The van der Waals surface area contributed by atoms with Gasteiger partial charge in [0.05, 0.1) is 11.8 Å². The number of anilines is 3. The maximum atomic E-state index is 4.70. The molecular weight excluding hydrogens is 376 g/mol. The molecule has 0 radical (unpaired) electrons. The molecule has 0 unspecified atom stereocenters. The monoisotopic (exact) mass is 404 g/mol. The minimum Gasteiger partial charge on any atom is -0.367 e. The molecule has 1 aromatic carbocycles. The molecule has 3 aromatic heterocycles. The van der Waals surface area contributed by atoms with Crippen LogP contribution in [0, 0.1) is 0 Å². The van der Waals surface area contributed by atoms with Crippen molar-refractivity contribution in [2.75, 3.05) is 23.7 Å². The number of aromatic amines is 1. The summed E-state index contributed by atoms with van der Waals surface area (Å²) in [6, 6.07) is 10.9. The Labute approximate surface area is 176 Å². The molecule has 0 aliphatic rings. The summed E-state index contributed by atoms with van der Waals surface area (Å²) >= 11 is 0. The van der Waals surface area contributed by atoms with E-state index < -0.39 is 0 Å². The summed E-state index contributed by atoms with van der Waals surface area (Å²) in [4.78, 5) is 23.5. The van der Waals surface area contributed by atoms with Crippen molar-refractivity contribution in [3.05, 3.63) is 42.9 Å². The maximum absolute atomic E-state index is 4.70. The van der Waals surface area contributed by atoms with Gasteiger partial charge in [0, 0.05) is 42.4 Å². The number of pyridine rings is 1. The summed E-state index contributed by atoms with van der Waals surface area (Å²) in [5.74, 6) is 1.25. The van der Waals surface area contributed by atoms with Crippen LogP contribution in [-0.4, -0.2) is 55.0 Å². The van der Waals surface area contributed by atoms with E-state index in [9.17, 15) is 0 Å². The topological polar surface area (TPSA) is 94.7 Å². The normalized spacial score (nSPS) is 11.8. The number of H-pyrrole nitrogens is 1. The minimum atomic E-state index is 0.490. The number of benzene rings is 1. The van der Waals surface area contributed by atoms with Gasteiger partial charge < -0.3 is 15.6 Å². The molecular formula is C22H28N8. The highest BCUT2D eigenvalue weighted by Crippen LogP contribution is 2.23. The van der Waals surface area contributed by atoms with E-state index in [1.165, 1.54) is 0 Å². The van der Waals surface area contributed by atoms with Crippen LogP contribution in [0.3, 0.4) is 0 Å². The van der Waals surface area contributed by atoms with Crippen LogP contribution in [0.5, 0.6) is 0 Å². The second-order valence-electron chi connectivity index (χ2n) is 7.88. The molecule has 3 N–H and O–H groups in total. The Hall–Kier alpha value is -3.26. The number of rotatable bonds is 8. The van der Waals surface area contributed by atoms with E-state index in [0.29, 0.717) is 23.7 Å². The summed E-state index contributed by atoms with van der Waals surface area (Å²) in [6.07, 6.45) is 3.44. The highest BCUT2D eigenvalue weighted by atomic mass is 15.2. The van der Waals surface area contributed by atoms with Gasteiger partial charge in [0.1, 0.15) is 5.52 Å². The predicted molar refractivity (Wildman–Crippen MR) is 122 cm³/mol. The first kappa shape index (κ1) is 20.0. The van der Waals surface area contributed by atoms with Crippen LogP contribution >= 0.6 is 0 Å². The summed E-state index contributed by atoms with van der Waals surface area (Å²) in [7, 11) is 0. The number of aromatic nitrogens is 5. The number of hydrogen-bond donors (Lipinski definition) is 3. The molecule has 156 valence electrons. The molecule has 4 rings (SSSR count). The van der Waals surface area contributed by atoms with Crippen molar-refractivity contribution in [1.29, 1.82) is 0 Å². The number of imidazole rings is 1. The van der Waals surface area contributed by atoms with Crippen LogP contribution < -0.4 is 10.6 Å². The van der Waals surface area contributed by atoms with Crippen LogP contribution in [-0.2, 0) is 0 Å². The number of nitrogens with zero attached hydrogens (tertiary/aromatic N) is 5. The molecule has 4 aromatic rings. The van der Waals surface area contributed by atoms with Crippen LogP contribution in [0.25, 0.3) is 22.1 Å². The van der Waals surface area contributed by atoms with Crippen molar-refractivity contribution < 1.29 is 0 Å². The molecule has 0 aliphatic heterocycles. The zero-order valence-corrected chi connectivity index (χ0v) is 17.8. The van der Waals surface area contributed by atoms with Gasteiger partial charge in [-0.25, -0.2) is 4.98 Å². The molecule has 0 saturated carbocycles. The molecule has 0 atom stereocenters. The van der Waals surface area contributed by atoms with Gasteiger partial charge in [-0.3, -0.25) is 9.88 Å². The Morgan fingerprint density at radius 3 is 2.67 bits per heavy atom. The number of nitrogens with one attached hydrogen (secondary N) is 3. The van der Waals surface area contributed by atoms with Crippen LogP contribution in [0.2, 0.25) is 0 Å². The molecule has 0 aliphatic carbocycles. The van der Waals surface area contributed by atoms with Gasteiger partial charge in [-0.05, 0) is 52.0 Å². The average molecular weight is 405 g/mol. The Morgan fingerprint density at radius 2 is 1.87 bits per heavy atom.